The zero-order valence-corrected chi connectivity index (χ0v) is 16.5. The van der Waals surface area contributed by atoms with Gasteiger partial charge in [-0.05, 0) is 35.7 Å². The summed E-state index contributed by atoms with van der Waals surface area (Å²) in [6.45, 7) is 1.20. The van der Waals surface area contributed by atoms with Gasteiger partial charge in [0.25, 0.3) is 0 Å². The molecule has 1 aromatic heterocycles. The van der Waals surface area contributed by atoms with Crippen LogP contribution in [-0.4, -0.2) is 16.2 Å². The van der Waals surface area contributed by atoms with Gasteiger partial charge < -0.3 is 9.30 Å². The van der Waals surface area contributed by atoms with E-state index in [2.05, 4.69) is 28.8 Å². The molecule has 4 heteroatoms. The Kier molecular flexibility index (Phi) is 4.66. The van der Waals surface area contributed by atoms with Crippen LogP contribution in [0.15, 0.2) is 91.0 Å². The molecule has 1 heterocycles. The average molecular weight is 399 g/mol. The largest absolute Gasteiger partial charge is 0.491 e. The summed E-state index contributed by atoms with van der Waals surface area (Å²) in [5, 5.41) is 2.99. The molecule has 5 rings (SSSR count). The lowest BCUT2D eigenvalue weighted by molar-refractivity contribution is 0.304. The highest BCUT2D eigenvalue weighted by Gasteiger charge is 2.14. The molecule has 0 aliphatic carbocycles. The number of para-hydroxylation sites is 2. The first-order chi connectivity index (χ1) is 14.3. The molecule has 0 N–H and O–H groups in total. The predicted molar refractivity (Wildman–Crippen MR) is 120 cm³/mol. The molecule has 142 valence electrons. The van der Waals surface area contributed by atoms with E-state index >= 15 is 0 Å². The van der Waals surface area contributed by atoms with Crippen molar-refractivity contribution in [1.29, 1.82) is 0 Å². The molecule has 0 saturated heterocycles. The maximum absolute atomic E-state index is 6.47. The SMILES string of the molecule is Clc1ccccc1-c1nc2ccccc2n1CCOc1cccc2ccccc12. The quantitative estimate of drug-likeness (QED) is 0.334. The molecule has 0 unspecified atom stereocenters. The minimum atomic E-state index is 0.534. The number of rotatable bonds is 5. The lowest BCUT2D eigenvalue weighted by Crippen LogP contribution is -2.09. The summed E-state index contributed by atoms with van der Waals surface area (Å²) >= 11 is 6.47. The molecule has 0 saturated carbocycles. The summed E-state index contributed by atoms with van der Waals surface area (Å²) in [6.07, 6.45) is 0. The molecule has 0 spiro atoms. The Balaban J connectivity index is 1.49. The van der Waals surface area contributed by atoms with Crippen molar-refractivity contribution in [3.8, 4) is 17.1 Å². The summed E-state index contributed by atoms with van der Waals surface area (Å²) in [5.74, 6) is 1.75. The molecule has 0 aliphatic rings. The number of imidazole rings is 1. The molecule has 5 aromatic rings. The van der Waals surface area contributed by atoms with Crippen molar-refractivity contribution in [2.24, 2.45) is 0 Å². The van der Waals surface area contributed by atoms with E-state index in [0.717, 1.165) is 33.6 Å². The second kappa shape index (κ2) is 7.61. The van der Waals surface area contributed by atoms with E-state index < -0.39 is 0 Å². The second-order valence-electron chi connectivity index (χ2n) is 6.88. The molecule has 0 aliphatic heterocycles. The topological polar surface area (TPSA) is 27.1 Å². The first kappa shape index (κ1) is 17.8. The Hall–Kier alpha value is -3.30. The standard InChI is InChI=1S/C25H19ClN2O/c26-21-12-4-3-11-20(21)25-27-22-13-5-6-14-23(22)28(25)16-17-29-24-15-7-9-18-8-1-2-10-19(18)24/h1-15H,16-17H2. The number of hydrogen-bond acceptors (Lipinski definition) is 2. The number of ether oxygens (including phenoxy) is 1. The maximum atomic E-state index is 6.47. The van der Waals surface area contributed by atoms with Gasteiger partial charge in [0.15, 0.2) is 0 Å². The van der Waals surface area contributed by atoms with Crippen molar-refractivity contribution >= 4 is 33.4 Å². The normalized spacial score (nSPS) is 11.2. The lowest BCUT2D eigenvalue weighted by atomic mass is 10.1. The number of hydrogen-bond donors (Lipinski definition) is 0. The molecule has 0 radical (unpaired) electrons. The fraction of sp³-hybridized carbons (Fsp3) is 0.0800. The van der Waals surface area contributed by atoms with E-state index in [-0.39, 0.29) is 0 Å². The van der Waals surface area contributed by atoms with Crippen LogP contribution >= 0.6 is 11.6 Å². The zero-order valence-electron chi connectivity index (χ0n) is 15.8. The fourth-order valence-electron chi connectivity index (χ4n) is 3.72. The third-order valence-corrected chi connectivity index (χ3v) is 5.42. The van der Waals surface area contributed by atoms with Gasteiger partial charge in [0, 0.05) is 10.9 Å². The van der Waals surface area contributed by atoms with Gasteiger partial charge in [-0.15, -0.1) is 0 Å². The summed E-state index contributed by atoms with van der Waals surface area (Å²) in [7, 11) is 0. The molecule has 0 atom stereocenters. The predicted octanol–water partition coefficient (Wildman–Crippen LogP) is 6.59. The van der Waals surface area contributed by atoms with Crippen molar-refractivity contribution in [3.63, 3.8) is 0 Å². The highest BCUT2D eigenvalue weighted by molar-refractivity contribution is 6.33. The van der Waals surface area contributed by atoms with E-state index in [1.165, 1.54) is 5.39 Å². The van der Waals surface area contributed by atoms with Crippen LogP contribution in [0.3, 0.4) is 0 Å². The van der Waals surface area contributed by atoms with Crippen LogP contribution in [0, 0.1) is 0 Å². The van der Waals surface area contributed by atoms with E-state index in [0.29, 0.717) is 18.2 Å². The van der Waals surface area contributed by atoms with Gasteiger partial charge >= 0.3 is 0 Å². The molecule has 4 aromatic carbocycles. The van der Waals surface area contributed by atoms with E-state index in [1.807, 2.05) is 66.7 Å². The Morgan fingerprint density at radius 1 is 0.793 bits per heavy atom. The van der Waals surface area contributed by atoms with Gasteiger partial charge in [-0.2, -0.15) is 0 Å². The molecule has 0 amide bonds. The van der Waals surface area contributed by atoms with Gasteiger partial charge in [-0.1, -0.05) is 72.3 Å². The number of halogens is 1. The molecule has 0 fully saturated rings. The van der Waals surface area contributed by atoms with Crippen molar-refractivity contribution in [3.05, 3.63) is 96.0 Å². The molecule has 0 bridgehead atoms. The summed E-state index contributed by atoms with van der Waals surface area (Å²) in [4.78, 5) is 4.84. The smallest absolute Gasteiger partial charge is 0.142 e. The van der Waals surface area contributed by atoms with Crippen LogP contribution in [0.25, 0.3) is 33.2 Å². The van der Waals surface area contributed by atoms with E-state index in [9.17, 15) is 0 Å². The Labute approximate surface area is 174 Å². The third kappa shape index (κ3) is 3.34. The van der Waals surface area contributed by atoms with Crippen molar-refractivity contribution in [2.45, 2.75) is 6.54 Å². The molecule has 3 nitrogen and oxygen atoms in total. The second-order valence-corrected chi connectivity index (χ2v) is 7.29. The van der Waals surface area contributed by atoms with Crippen LogP contribution in [0.1, 0.15) is 0 Å². The van der Waals surface area contributed by atoms with Gasteiger partial charge in [0.1, 0.15) is 18.2 Å². The minimum absolute atomic E-state index is 0.534. The van der Waals surface area contributed by atoms with Crippen molar-refractivity contribution in [1.82, 2.24) is 9.55 Å². The van der Waals surface area contributed by atoms with Crippen LogP contribution < -0.4 is 4.74 Å². The first-order valence-electron chi connectivity index (χ1n) is 9.62. The first-order valence-corrected chi connectivity index (χ1v) is 10.00. The van der Waals surface area contributed by atoms with Crippen molar-refractivity contribution < 1.29 is 4.74 Å². The average Bonchev–Trinajstić information content (AvgIpc) is 3.13. The van der Waals surface area contributed by atoms with Crippen LogP contribution in [0.4, 0.5) is 0 Å². The number of fused-ring (bicyclic) bond motifs is 2. The molecule has 29 heavy (non-hydrogen) atoms. The highest BCUT2D eigenvalue weighted by atomic mass is 35.5. The van der Waals surface area contributed by atoms with Gasteiger partial charge in [0.05, 0.1) is 22.6 Å². The lowest BCUT2D eigenvalue weighted by Gasteiger charge is -2.13. The summed E-state index contributed by atoms with van der Waals surface area (Å²) in [6, 6.07) is 30.4. The van der Waals surface area contributed by atoms with Gasteiger partial charge in [0.2, 0.25) is 0 Å². The maximum Gasteiger partial charge on any atom is 0.142 e. The number of aromatic nitrogens is 2. The number of benzene rings is 4. The van der Waals surface area contributed by atoms with E-state index in [4.69, 9.17) is 21.3 Å². The van der Waals surface area contributed by atoms with Gasteiger partial charge in [-0.3, -0.25) is 0 Å². The van der Waals surface area contributed by atoms with Crippen molar-refractivity contribution in [2.75, 3.05) is 6.61 Å². The van der Waals surface area contributed by atoms with Crippen LogP contribution in [0.2, 0.25) is 5.02 Å². The minimum Gasteiger partial charge on any atom is -0.491 e. The number of nitrogens with zero attached hydrogens (tertiary/aromatic N) is 2. The molecular formula is C25H19ClN2O. The third-order valence-electron chi connectivity index (χ3n) is 5.09. The Morgan fingerprint density at radius 3 is 2.48 bits per heavy atom. The monoisotopic (exact) mass is 398 g/mol. The summed E-state index contributed by atoms with van der Waals surface area (Å²) in [5.41, 5.74) is 2.95. The van der Waals surface area contributed by atoms with E-state index in [1.54, 1.807) is 0 Å². The summed E-state index contributed by atoms with van der Waals surface area (Å²) < 4.78 is 8.36. The van der Waals surface area contributed by atoms with Crippen LogP contribution in [-0.2, 0) is 6.54 Å². The molecular weight excluding hydrogens is 380 g/mol. The van der Waals surface area contributed by atoms with Gasteiger partial charge in [-0.25, -0.2) is 4.98 Å². The Morgan fingerprint density at radius 2 is 1.55 bits per heavy atom. The Bertz CT molecular complexity index is 1300. The highest BCUT2D eigenvalue weighted by Crippen LogP contribution is 2.30. The zero-order chi connectivity index (χ0) is 19.6. The van der Waals surface area contributed by atoms with Crippen LogP contribution in [0.5, 0.6) is 5.75 Å². The fourth-order valence-corrected chi connectivity index (χ4v) is 3.94.